The molecule has 0 radical (unpaired) electrons. The van der Waals surface area contributed by atoms with Gasteiger partial charge < -0.3 is 10.1 Å². The van der Waals surface area contributed by atoms with Crippen LogP contribution in [0.5, 0.6) is 5.75 Å². The predicted octanol–water partition coefficient (Wildman–Crippen LogP) is 3.90. The zero-order valence-electron chi connectivity index (χ0n) is 20.6. The minimum Gasteiger partial charge on any atom is -0.497 e. The van der Waals surface area contributed by atoms with Crippen LogP contribution in [-0.2, 0) is 16.6 Å². The maximum Gasteiger partial charge on any atom is 0.251 e. The first kappa shape index (κ1) is 25.7. The van der Waals surface area contributed by atoms with E-state index in [1.807, 2.05) is 12.1 Å². The second kappa shape index (κ2) is 12.0. The molecule has 0 unspecified atom stereocenters. The van der Waals surface area contributed by atoms with Gasteiger partial charge in [-0.3, -0.25) is 9.69 Å². The van der Waals surface area contributed by atoms with Gasteiger partial charge in [0.2, 0.25) is 10.0 Å². The van der Waals surface area contributed by atoms with Crippen LogP contribution < -0.4 is 10.1 Å². The Kier molecular flexibility index (Phi) is 8.81. The third kappa shape index (κ3) is 6.84. The van der Waals surface area contributed by atoms with Crippen LogP contribution in [0.3, 0.4) is 0 Å². The molecule has 0 atom stereocenters. The standard InChI is InChI=1S/C27H37N3O4S/c1-34-25-11-9-23(10-12-25)21-29-17-13-22(14-18-29)20-28-27(31)24-7-6-8-26(19-24)35(32,33)30-15-4-2-3-5-16-30/h6-12,19,22H,2-5,13-18,20-21H2,1H3,(H,28,31). The number of likely N-dealkylation sites (tertiary alicyclic amines) is 1. The Morgan fingerprint density at radius 1 is 0.971 bits per heavy atom. The van der Waals surface area contributed by atoms with Crippen LogP contribution in [0.4, 0.5) is 0 Å². The summed E-state index contributed by atoms with van der Waals surface area (Å²) in [6.45, 7) is 4.62. The van der Waals surface area contributed by atoms with Gasteiger partial charge in [0, 0.05) is 31.7 Å². The average molecular weight is 500 g/mol. The highest BCUT2D eigenvalue weighted by atomic mass is 32.2. The molecule has 2 aliphatic rings. The molecule has 2 fully saturated rings. The molecule has 4 rings (SSSR count). The van der Waals surface area contributed by atoms with Crippen molar-refractivity contribution in [3.05, 3.63) is 59.7 Å². The third-order valence-corrected chi connectivity index (χ3v) is 9.02. The van der Waals surface area contributed by atoms with Crippen LogP contribution in [0.15, 0.2) is 53.4 Å². The van der Waals surface area contributed by atoms with E-state index in [2.05, 4.69) is 22.3 Å². The van der Waals surface area contributed by atoms with E-state index < -0.39 is 10.0 Å². The van der Waals surface area contributed by atoms with E-state index in [-0.39, 0.29) is 10.8 Å². The topological polar surface area (TPSA) is 79.0 Å². The Morgan fingerprint density at radius 2 is 1.66 bits per heavy atom. The van der Waals surface area contributed by atoms with Crippen molar-refractivity contribution < 1.29 is 17.9 Å². The summed E-state index contributed by atoms with van der Waals surface area (Å²) in [5, 5.41) is 3.03. The lowest BCUT2D eigenvalue weighted by Crippen LogP contribution is -2.38. The molecule has 0 bridgehead atoms. The first-order valence-electron chi connectivity index (χ1n) is 12.7. The van der Waals surface area contributed by atoms with Crippen LogP contribution in [0.2, 0.25) is 0 Å². The molecule has 35 heavy (non-hydrogen) atoms. The van der Waals surface area contributed by atoms with Gasteiger partial charge in [-0.15, -0.1) is 0 Å². The molecule has 0 aromatic heterocycles. The molecule has 7 nitrogen and oxygen atoms in total. The Hall–Kier alpha value is -2.42. The Labute approximate surface area is 209 Å². The Balaban J connectivity index is 1.26. The van der Waals surface area contributed by atoms with E-state index in [0.717, 1.165) is 63.9 Å². The summed E-state index contributed by atoms with van der Waals surface area (Å²) < 4.78 is 33.0. The third-order valence-electron chi connectivity index (χ3n) is 7.12. The summed E-state index contributed by atoms with van der Waals surface area (Å²) in [5.41, 5.74) is 1.67. The maximum absolute atomic E-state index is 13.1. The fourth-order valence-corrected chi connectivity index (χ4v) is 6.47. The normalized spacial score (nSPS) is 18.7. The number of amides is 1. The number of hydrogen-bond acceptors (Lipinski definition) is 5. The quantitative estimate of drug-likeness (QED) is 0.596. The fourth-order valence-electron chi connectivity index (χ4n) is 4.91. The summed E-state index contributed by atoms with van der Waals surface area (Å²) in [7, 11) is -1.90. The first-order chi connectivity index (χ1) is 17.0. The molecular weight excluding hydrogens is 462 g/mol. The largest absolute Gasteiger partial charge is 0.497 e. The van der Waals surface area contributed by atoms with Crippen LogP contribution in [0.1, 0.15) is 54.4 Å². The van der Waals surface area contributed by atoms with Crippen molar-refractivity contribution in [3.63, 3.8) is 0 Å². The summed E-state index contributed by atoms with van der Waals surface area (Å²) in [5.74, 6) is 1.09. The van der Waals surface area contributed by atoms with Gasteiger partial charge in [-0.05, 0) is 80.6 Å². The Morgan fingerprint density at radius 3 is 2.31 bits per heavy atom. The molecule has 1 amide bonds. The number of rotatable bonds is 8. The second-order valence-electron chi connectivity index (χ2n) is 9.62. The van der Waals surface area contributed by atoms with Gasteiger partial charge in [0.15, 0.2) is 0 Å². The highest BCUT2D eigenvalue weighted by molar-refractivity contribution is 7.89. The van der Waals surface area contributed by atoms with Gasteiger partial charge >= 0.3 is 0 Å². The lowest BCUT2D eigenvalue weighted by Gasteiger charge is -2.32. The number of nitrogens with one attached hydrogen (secondary N) is 1. The van der Waals surface area contributed by atoms with Gasteiger partial charge in [0.25, 0.3) is 5.91 Å². The molecule has 2 heterocycles. The lowest BCUT2D eigenvalue weighted by atomic mass is 9.96. The van der Waals surface area contributed by atoms with Gasteiger partial charge in [-0.25, -0.2) is 8.42 Å². The van der Waals surface area contributed by atoms with Crippen molar-refractivity contribution in [1.82, 2.24) is 14.5 Å². The second-order valence-corrected chi connectivity index (χ2v) is 11.6. The summed E-state index contributed by atoms with van der Waals surface area (Å²) in [6, 6.07) is 14.7. The molecule has 2 aromatic carbocycles. The van der Waals surface area contributed by atoms with E-state index in [1.54, 1.807) is 29.6 Å². The van der Waals surface area contributed by atoms with E-state index in [9.17, 15) is 13.2 Å². The van der Waals surface area contributed by atoms with E-state index in [0.29, 0.717) is 31.1 Å². The number of sulfonamides is 1. The smallest absolute Gasteiger partial charge is 0.251 e. The van der Waals surface area contributed by atoms with Gasteiger partial charge in [-0.2, -0.15) is 4.31 Å². The number of nitrogens with zero attached hydrogens (tertiary/aromatic N) is 2. The molecule has 0 spiro atoms. The maximum atomic E-state index is 13.1. The number of piperidine rings is 1. The van der Waals surface area contributed by atoms with E-state index in [4.69, 9.17) is 4.74 Å². The average Bonchev–Trinajstić information content (AvgIpc) is 3.19. The monoisotopic (exact) mass is 499 g/mol. The zero-order valence-corrected chi connectivity index (χ0v) is 21.4. The number of ether oxygens (including phenoxy) is 1. The van der Waals surface area contributed by atoms with Gasteiger partial charge in [0.1, 0.15) is 5.75 Å². The number of benzene rings is 2. The van der Waals surface area contributed by atoms with Crippen molar-refractivity contribution in [2.45, 2.75) is 50.0 Å². The first-order valence-corrected chi connectivity index (χ1v) is 14.1. The van der Waals surface area contributed by atoms with Gasteiger partial charge in [0.05, 0.1) is 12.0 Å². The molecule has 2 aromatic rings. The van der Waals surface area contributed by atoms with E-state index in [1.165, 1.54) is 11.6 Å². The van der Waals surface area contributed by atoms with Crippen molar-refractivity contribution >= 4 is 15.9 Å². The molecule has 190 valence electrons. The molecule has 0 aliphatic carbocycles. The van der Waals surface area contributed by atoms with Crippen molar-refractivity contribution in [1.29, 1.82) is 0 Å². The lowest BCUT2D eigenvalue weighted by molar-refractivity contribution is 0.0935. The molecule has 2 aliphatic heterocycles. The number of carbonyl (C=O) groups is 1. The highest BCUT2D eigenvalue weighted by Crippen LogP contribution is 2.22. The zero-order chi connectivity index (χ0) is 24.7. The summed E-state index contributed by atoms with van der Waals surface area (Å²) in [6.07, 6.45) is 5.96. The van der Waals surface area contributed by atoms with Crippen LogP contribution >= 0.6 is 0 Å². The number of hydrogen-bond donors (Lipinski definition) is 1. The number of methoxy groups -OCH3 is 1. The van der Waals surface area contributed by atoms with Crippen molar-refractivity contribution in [2.24, 2.45) is 5.92 Å². The summed E-state index contributed by atoms with van der Waals surface area (Å²) in [4.78, 5) is 15.5. The minimum atomic E-state index is -3.57. The van der Waals surface area contributed by atoms with Crippen molar-refractivity contribution in [2.75, 3.05) is 39.8 Å². The SMILES string of the molecule is COc1ccc(CN2CCC(CNC(=O)c3cccc(S(=O)(=O)N4CCCCCC4)c3)CC2)cc1. The minimum absolute atomic E-state index is 0.207. The van der Waals surface area contributed by atoms with Crippen molar-refractivity contribution in [3.8, 4) is 5.75 Å². The summed E-state index contributed by atoms with van der Waals surface area (Å²) >= 11 is 0. The van der Waals surface area contributed by atoms with Gasteiger partial charge in [-0.1, -0.05) is 31.0 Å². The molecule has 2 saturated heterocycles. The van der Waals surface area contributed by atoms with E-state index >= 15 is 0 Å². The predicted molar refractivity (Wildman–Crippen MR) is 137 cm³/mol. The molecule has 8 heteroatoms. The number of carbonyl (C=O) groups excluding carboxylic acids is 1. The molecule has 1 N–H and O–H groups in total. The molecule has 0 saturated carbocycles. The Bertz CT molecular complexity index is 1070. The van der Waals surface area contributed by atoms with Crippen LogP contribution in [-0.4, -0.2) is 63.4 Å². The van der Waals surface area contributed by atoms with Crippen LogP contribution in [0.25, 0.3) is 0 Å². The van der Waals surface area contributed by atoms with Crippen LogP contribution in [0, 0.1) is 5.92 Å². The molecular formula is C27H37N3O4S. The fraction of sp³-hybridized carbons (Fsp3) is 0.519. The highest BCUT2D eigenvalue weighted by Gasteiger charge is 2.26.